The van der Waals surface area contributed by atoms with E-state index in [9.17, 15) is 0 Å². The predicted octanol–water partition coefficient (Wildman–Crippen LogP) is 14.3. The molecule has 0 N–H and O–H groups in total. The molecule has 1 heterocycles. The molecule has 3 aromatic carbocycles. The molecule has 1 saturated heterocycles. The maximum atomic E-state index is 5.67. The molecule has 3 aromatic rings. The molecular formula is C47H67Cl2N2PRu. The number of halogens is 2. The van der Waals surface area contributed by atoms with Gasteiger partial charge in [-0.25, -0.2) is 0 Å². The molecule has 5 fully saturated rings. The van der Waals surface area contributed by atoms with Gasteiger partial charge >= 0.3 is 73.4 Å². The number of benzene rings is 3. The third kappa shape index (κ3) is 11.7. The van der Waals surface area contributed by atoms with Gasteiger partial charge in [0.2, 0.25) is 0 Å². The number of anilines is 2. The van der Waals surface area contributed by atoms with Gasteiger partial charge in [-0.15, -0.1) is 0 Å². The summed E-state index contributed by atoms with van der Waals surface area (Å²) in [5.74, 6) is 0. The molecule has 0 aromatic heterocycles. The predicted molar refractivity (Wildman–Crippen MR) is 235 cm³/mol. The van der Waals surface area contributed by atoms with Gasteiger partial charge in [0, 0.05) is 31.4 Å². The molecule has 0 radical (unpaired) electrons. The van der Waals surface area contributed by atoms with Crippen molar-refractivity contribution in [3.05, 3.63) is 102 Å². The van der Waals surface area contributed by atoms with Crippen LogP contribution in [0.25, 0.3) is 0 Å². The zero-order chi connectivity index (χ0) is 37.0. The molecule has 0 unspecified atom stereocenters. The van der Waals surface area contributed by atoms with Crippen molar-refractivity contribution in [2.75, 3.05) is 9.80 Å². The second-order valence-corrected chi connectivity index (χ2v) is 25.8. The average molecular weight is 863 g/mol. The molecule has 2 nitrogen and oxygen atoms in total. The fourth-order valence-corrected chi connectivity index (χ4v) is 17.7. The number of nitrogens with zero attached hydrogens (tertiary/aromatic N) is 2. The van der Waals surface area contributed by atoms with E-state index in [1.54, 1.807) is 96.3 Å². The van der Waals surface area contributed by atoms with Gasteiger partial charge in [0.1, 0.15) is 0 Å². The first-order chi connectivity index (χ1) is 25.9. The van der Waals surface area contributed by atoms with E-state index in [4.69, 9.17) is 19.4 Å². The van der Waals surface area contributed by atoms with E-state index in [0.717, 1.165) is 5.56 Å². The first kappa shape index (κ1) is 41.4. The Morgan fingerprint density at radius 1 is 0.566 bits per heavy atom. The van der Waals surface area contributed by atoms with E-state index in [2.05, 4.69) is 79.7 Å². The Balaban J connectivity index is 0.000000148. The van der Waals surface area contributed by atoms with Gasteiger partial charge in [-0.1, -0.05) is 68.0 Å². The molecular weight excluding hydrogens is 795 g/mol. The van der Waals surface area contributed by atoms with E-state index in [1.165, 1.54) is 70.7 Å². The summed E-state index contributed by atoms with van der Waals surface area (Å²) in [6.45, 7) is 9.08. The van der Waals surface area contributed by atoms with E-state index >= 15 is 0 Å². The standard InChI is InChI=1S/C22H27N2.C18H33P.C7H6.2ClH.Ru/c1-16-13-17(2)22(18(3)14-16)24-15-23(19-9-5-4-6-10-19)20-11-7-8-12-21(20)24;1-4-10-16(11-5-1)19(17-12-6-2-7-13-17)18-14-8-3-9-15-18;1-7-5-3-2-4-6-7;;;/h4-6,9-10,13-15,20-21H,7-8,11-12H2,1-3H3;16-18H,1-15H2;1-6H;2*1H;/q-1;;;;;+2/p-1/t20-,21-;;;;;/m1...../s1. The zero-order valence-corrected chi connectivity index (χ0v) is 37.2. The van der Waals surface area contributed by atoms with Crippen LogP contribution in [0.1, 0.15) is 144 Å². The molecule has 4 saturated carbocycles. The van der Waals surface area contributed by atoms with Crippen molar-refractivity contribution in [1.82, 2.24) is 0 Å². The van der Waals surface area contributed by atoms with Crippen LogP contribution in [0.15, 0.2) is 72.8 Å². The maximum absolute atomic E-state index is 5.67. The quantitative estimate of drug-likeness (QED) is 0.138. The summed E-state index contributed by atoms with van der Waals surface area (Å²) in [6, 6.07) is 26.6. The number of para-hydroxylation sites is 1. The van der Waals surface area contributed by atoms with Crippen LogP contribution in [0.5, 0.6) is 0 Å². The fourth-order valence-electron chi connectivity index (χ4n) is 10.6. The van der Waals surface area contributed by atoms with E-state index in [0.29, 0.717) is 12.1 Å². The van der Waals surface area contributed by atoms with Gasteiger partial charge in [-0.3, -0.25) is 0 Å². The van der Waals surface area contributed by atoms with Crippen LogP contribution < -0.4 is 9.80 Å². The summed E-state index contributed by atoms with van der Waals surface area (Å²) in [4.78, 5) is 5.09. The van der Waals surface area contributed by atoms with Crippen LogP contribution in [-0.2, 0) is 13.5 Å². The first-order valence-electron chi connectivity index (χ1n) is 21.2. The monoisotopic (exact) mass is 862 g/mol. The van der Waals surface area contributed by atoms with Crippen molar-refractivity contribution in [3.63, 3.8) is 0 Å². The van der Waals surface area contributed by atoms with Crippen LogP contribution in [-0.4, -0.2) is 33.7 Å². The molecule has 0 spiro atoms. The van der Waals surface area contributed by atoms with Gasteiger partial charge in [0.25, 0.3) is 0 Å². The van der Waals surface area contributed by atoms with Crippen molar-refractivity contribution in [1.29, 1.82) is 0 Å². The minimum absolute atomic E-state index is 0.0465. The van der Waals surface area contributed by atoms with Crippen LogP contribution >= 0.6 is 27.3 Å². The Morgan fingerprint density at radius 2 is 0.981 bits per heavy atom. The van der Waals surface area contributed by atoms with E-state index < -0.39 is 13.5 Å². The number of hydrogen-bond donors (Lipinski definition) is 0. The molecule has 4 aliphatic carbocycles. The Labute approximate surface area is 338 Å². The molecule has 8 rings (SSSR count). The Hall–Kier alpha value is -1.24. The normalized spacial score (nSPS) is 23.0. The van der Waals surface area contributed by atoms with Gasteiger partial charge < -0.3 is 9.80 Å². The Morgan fingerprint density at radius 3 is 1.43 bits per heavy atom. The topological polar surface area (TPSA) is 6.48 Å². The zero-order valence-electron chi connectivity index (χ0n) is 32.9. The summed E-state index contributed by atoms with van der Waals surface area (Å²) in [5, 5.41) is 0. The van der Waals surface area contributed by atoms with Crippen LogP contribution in [0.4, 0.5) is 11.4 Å². The van der Waals surface area contributed by atoms with Crippen LogP contribution in [0, 0.1) is 27.4 Å². The molecule has 2 atom stereocenters. The average Bonchev–Trinajstić information content (AvgIpc) is 3.56. The van der Waals surface area contributed by atoms with Crippen molar-refractivity contribution in [2.45, 2.75) is 172 Å². The number of hydrogen-bond acceptors (Lipinski definition) is 2. The summed E-state index contributed by atoms with van der Waals surface area (Å²) in [7, 11) is 11.3. The third-order valence-corrected chi connectivity index (χ3v) is 19.3. The van der Waals surface area contributed by atoms with Crippen molar-refractivity contribution in [2.24, 2.45) is 0 Å². The van der Waals surface area contributed by atoms with Crippen molar-refractivity contribution < 1.29 is 13.5 Å². The van der Waals surface area contributed by atoms with Crippen molar-refractivity contribution in [3.8, 4) is 0 Å². The summed E-state index contributed by atoms with van der Waals surface area (Å²) in [5.41, 5.74) is 11.7. The SMILES string of the molecule is C1CCC([PH+](C2CCCCC2)C2CCCCC2)CC1.Cc1cc(C)c(N2[CH-]N(c3ccccc3)[C@@H]3CCCC[C@H]32)c(C)c1.[Cl][Ru]([Cl])=[CH]c1ccccc1. The summed E-state index contributed by atoms with van der Waals surface area (Å²) in [6.07, 6.45) is 29.1. The third-order valence-electron chi connectivity index (χ3n) is 12.8. The minimum atomic E-state index is -1.61. The van der Waals surface area contributed by atoms with Crippen LogP contribution in [0.2, 0.25) is 0 Å². The fraction of sp³-hybridized carbons (Fsp3) is 0.574. The second kappa shape index (κ2) is 21.3. The summed E-state index contributed by atoms with van der Waals surface area (Å²) >= 11 is -1.61. The molecule has 5 aliphatic rings. The number of aryl methyl sites for hydroxylation is 3. The van der Waals surface area contributed by atoms with Crippen LogP contribution in [0.3, 0.4) is 0 Å². The molecule has 53 heavy (non-hydrogen) atoms. The van der Waals surface area contributed by atoms with E-state index in [-0.39, 0.29) is 7.92 Å². The van der Waals surface area contributed by atoms with Gasteiger partial charge in [0.05, 0.1) is 17.0 Å². The van der Waals surface area contributed by atoms with Crippen molar-refractivity contribution >= 4 is 43.3 Å². The number of fused-ring (bicyclic) bond motifs is 1. The van der Waals surface area contributed by atoms with E-state index in [1.807, 2.05) is 34.9 Å². The van der Waals surface area contributed by atoms with Gasteiger partial charge in [0.15, 0.2) is 0 Å². The Bertz CT molecular complexity index is 1480. The molecule has 6 heteroatoms. The van der Waals surface area contributed by atoms with Gasteiger partial charge in [-0.2, -0.15) is 6.67 Å². The second-order valence-electron chi connectivity index (χ2n) is 16.7. The van der Waals surface area contributed by atoms with Gasteiger partial charge in [-0.05, 0) is 134 Å². The summed E-state index contributed by atoms with van der Waals surface area (Å²) < 4.78 is 1.92. The molecule has 1 aliphatic heterocycles. The number of rotatable bonds is 6. The molecule has 292 valence electrons. The first-order valence-corrected chi connectivity index (χ1v) is 28.4. The Kier molecular flexibility index (Phi) is 16.7. The molecule has 0 bridgehead atoms. The molecule has 0 amide bonds.